The van der Waals surface area contributed by atoms with E-state index >= 15 is 0 Å². The Bertz CT molecular complexity index is 1050. The minimum atomic E-state index is -1.68. The van der Waals surface area contributed by atoms with Crippen LogP contribution in [0.15, 0.2) is 54.6 Å². The molecule has 6 N–H and O–H groups in total. The number of urea groups is 1. The van der Waals surface area contributed by atoms with E-state index < -0.39 is 36.9 Å². The van der Waals surface area contributed by atoms with Crippen LogP contribution < -0.4 is 21.3 Å². The highest BCUT2D eigenvalue weighted by Gasteiger charge is 2.36. The lowest BCUT2D eigenvalue weighted by Gasteiger charge is -2.33. The largest absolute Gasteiger partial charge is 0.475 e. The van der Waals surface area contributed by atoms with E-state index in [1.807, 2.05) is 30.3 Å². The van der Waals surface area contributed by atoms with Crippen molar-refractivity contribution in [2.45, 2.75) is 65.0 Å². The lowest BCUT2D eigenvalue weighted by molar-refractivity contribution is -0.127. The fraction of sp³-hybridized carbons (Fsp3) is 0.464. The molecule has 1 aliphatic carbocycles. The van der Waals surface area contributed by atoms with E-state index in [0.29, 0.717) is 5.02 Å². The topological polar surface area (TPSA) is 140 Å². The molecule has 0 heterocycles. The third-order valence-electron chi connectivity index (χ3n) is 5.98. The van der Waals surface area contributed by atoms with Gasteiger partial charge >= 0.3 is 13.1 Å². The monoisotopic (exact) mass is 558 g/mol. The van der Waals surface area contributed by atoms with Crippen LogP contribution in [0.4, 0.5) is 4.79 Å². The van der Waals surface area contributed by atoms with Gasteiger partial charge in [-0.15, -0.1) is 0 Å². The van der Waals surface area contributed by atoms with Crippen molar-refractivity contribution in [3.63, 3.8) is 0 Å². The van der Waals surface area contributed by atoms with Gasteiger partial charge < -0.3 is 31.3 Å². The molecule has 1 aliphatic rings. The molecular weight excluding hydrogens is 519 g/mol. The summed E-state index contributed by atoms with van der Waals surface area (Å²) in [5.41, 5.74) is 1.64. The van der Waals surface area contributed by atoms with E-state index in [0.717, 1.165) is 36.3 Å². The molecule has 0 aliphatic heterocycles. The first-order valence-electron chi connectivity index (χ1n) is 13.3. The molecule has 0 spiro atoms. The smallest absolute Gasteiger partial charge is 0.426 e. The van der Waals surface area contributed by atoms with Gasteiger partial charge in [-0.1, -0.05) is 81.3 Å². The first-order valence-corrected chi connectivity index (χ1v) is 13.7. The molecule has 1 fully saturated rings. The van der Waals surface area contributed by atoms with Crippen molar-refractivity contribution >= 4 is 36.6 Å². The van der Waals surface area contributed by atoms with Crippen LogP contribution in [0.5, 0.6) is 0 Å². The lowest BCUT2D eigenvalue weighted by Crippen LogP contribution is -2.56. The molecule has 9 nitrogen and oxygen atoms in total. The molecule has 2 aromatic rings. The fourth-order valence-electron chi connectivity index (χ4n) is 3.86. The van der Waals surface area contributed by atoms with Crippen molar-refractivity contribution in [3.05, 3.63) is 70.7 Å². The van der Waals surface area contributed by atoms with Gasteiger partial charge in [0.15, 0.2) is 0 Å². The average molecular weight is 559 g/mol. The summed E-state index contributed by atoms with van der Waals surface area (Å²) in [7, 11) is -1.68. The quantitative estimate of drug-likeness (QED) is 0.235. The Balaban J connectivity index is 0.00000124. The van der Waals surface area contributed by atoms with Gasteiger partial charge in [0.05, 0.1) is 12.5 Å². The van der Waals surface area contributed by atoms with Crippen molar-refractivity contribution in [3.8, 4) is 0 Å². The predicted octanol–water partition coefficient (Wildman–Crippen LogP) is 2.83. The third-order valence-corrected chi connectivity index (χ3v) is 6.21. The zero-order chi connectivity index (χ0) is 28.8. The lowest BCUT2D eigenvalue weighted by atomic mass is 9.64. The van der Waals surface area contributed by atoms with Gasteiger partial charge in [0.2, 0.25) is 11.8 Å². The van der Waals surface area contributed by atoms with E-state index in [2.05, 4.69) is 42.0 Å². The van der Waals surface area contributed by atoms with Gasteiger partial charge in [-0.2, -0.15) is 0 Å². The SMILES string of the molecule is CC(C)C.O=C(CNC(=O)C(Cc1cccc(Cl)c1)NC(=O)NCc1ccccc1)NC(B(O)O)C1CCC1. The van der Waals surface area contributed by atoms with E-state index in [4.69, 9.17) is 11.6 Å². The molecule has 2 atom stereocenters. The Hall–Kier alpha value is -3.08. The van der Waals surface area contributed by atoms with Gasteiger partial charge in [0, 0.05) is 18.0 Å². The summed E-state index contributed by atoms with van der Waals surface area (Å²) in [6.45, 7) is 6.42. The minimum Gasteiger partial charge on any atom is -0.426 e. The standard InChI is InChI=1S/C24H30BClN4O5.C4H10/c26-19-11-4-8-17(12-19)13-20(29-24(33)28-14-16-6-2-1-3-7-16)23(32)27-15-21(31)30-22(25(34)35)18-9-5-10-18;1-4(2)3/h1-4,6-8,11-12,18,20,22,34-35H,5,9-10,13-15H2,(H,27,32)(H,30,31)(H2,28,29,33);4H,1-3H3. The number of halogens is 1. The van der Waals surface area contributed by atoms with Crippen molar-refractivity contribution in [1.29, 1.82) is 0 Å². The van der Waals surface area contributed by atoms with Gasteiger partial charge in [0.25, 0.3) is 0 Å². The highest BCUT2D eigenvalue weighted by atomic mass is 35.5. The summed E-state index contributed by atoms with van der Waals surface area (Å²) in [6.07, 6.45) is 2.74. The molecule has 39 heavy (non-hydrogen) atoms. The second kappa shape index (κ2) is 16.8. The van der Waals surface area contributed by atoms with E-state index in [9.17, 15) is 24.4 Å². The molecule has 2 aromatic carbocycles. The van der Waals surface area contributed by atoms with Crippen molar-refractivity contribution in [1.82, 2.24) is 21.3 Å². The number of hydrogen-bond acceptors (Lipinski definition) is 5. The molecule has 2 unspecified atom stereocenters. The van der Waals surface area contributed by atoms with Crippen LogP contribution in [0.25, 0.3) is 0 Å². The second-order valence-electron chi connectivity index (χ2n) is 10.3. The van der Waals surface area contributed by atoms with Crippen LogP contribution in [-0.2, 0) is 22.6 Å². The summed E-state index contributed by atoms with van der Waals surface area (Å²) >= 11 is 6.06. The zero-order valence-corrected chi connectivity index (χ0v) is 23.6. The first kappa shape index (κ1) is 32.1. The molecule has 0 bridgehead atoms. The number of carbonyl (C=O) groups is 3. The molecule has 3 rings (SSSR count). The Kier molecular flexibility index (Phi) is 13.8. The Labute approximate surface area is 236 Å². The van der Waals surface area contributed by atoms with Crippen molar-refractivity contribution < 1.29 is 24.4 Å². The highest BCUT2D eigenvalue weighted by molar-refractivity contribution is 6.43. The van der Waals surface area contributed by atoms with E-state index in [1.165, 1.54) is 0 Å². The summed E-state index contributed by atoms with van der Waals surface area (Å²) in [6, 6.07) is 14.8. The van der Waals surface area contributed by atoms with Gasteiger partial charge in [0.1, 0.15) is 6.04 Å². The first-order chi connectivity index (χ1) is 18.5. The summed E-state index contributed by atoms with van der Waals surface area (Å²) < 4.78 is 0. The molecular formula is C28H40BClN4O5. The molecule has 0 radical (unpaired) electrons. The van der Waals surface area contributed by atoms with Gasteiger partial charge in [-0.3, -0.25) is 9.59 Å². The number of benzene rings is 2. The maximum atomic E-state index is 12.9. The number of rotatable bonds is 11. The number of amides is 4. The van der Waals surface area contributed by atoms with Crippen LogP contribution >= 0.6 is 11.6 Å². The normalized spacial score (nSPS) is 14.1. The minimum absolute atomic E-state index is 0.000191. The van der Waals surface area contributed by atoms with Crippen LogP contribution in [0.1, 0.15) is 51.2 Å². The van der Waals surface area contributed by atoms with E-state index in [-0.39, 0.29) is 25.4 Å². The Morgan fingerprint density at radius 3 is 2.15 bits per heavy atom. The maximum Gasteiger partial charge on any atom is 0.475 e. The van der Waals surface area contributed by atoms with Crippen molar-refractivity contribution in [2.24, 2.45) is 11.8 Å². The van der Waals surface area contributed by atoms with Crippen LogP contribution in [0.2, 0.25) is 5.02 Å². The van der Waals surface area contributed by atoms with Gasteiger partial charge in [-0.05, 0) is 47.9 Å². The molecule has 1 saturated carbocycles. The molecule has 4 amide bonds. The molecule has 11 heteroatoms. The third kappa shape index (κ3) is 12.6. The predicted molar refractivity (Wildman–Crippen MR) is 154 cm³/mol. The summed E-state index contributed by atoms with van der Waals surface area (Å²) in [4.78, 5) is 37.7. The van der Waals surface area contributed by atoms with Crippen LogP contribution in [-0.4, -0.2) is 53.5 Å². The zero-order valence-electron chi connectivity index (χ0n) is 22.8. The molecule has 212 valence electrons. The second-order valence-corrected chi connectivity index (χ2v) is 10.8. The number of carbonyl (C=O) groups excluding carboxylic acids is 3. The Morgan fingerprint density at radius 2 is 1.59 bits per heavy atom. The highest BCUT2D eigenvalue weighted by Crippen LogP contribution is 2.29. The fourth-order valence-corrected chi connectivity index (χ4v) is 4.07. The van der Waals surface area contributed by atoms with Crippen molar-refractivity contribution in [2.75, 3.05) is 6.54 Å². The molecule has 0 saturated heterocycles. The summed E-state index contributed by atoms with van der Waals surface area (Å²) in [5, 5.41) is 30.1. The van der Waals surface area contributed by atoms with Gasteiger partial charge in [-0.25, -0.2) is 4.79 Å². The maximum absolute atomic E-state index is 12.9. The van der Waals surface area contributed by atoms with Crippen LogP contribution in [0, 0.1) is 11.8 Å². The molecule has 0 aromatic heterocycles. The number of nitrogens with one attached hydrogen (secondary N) is 4. The van der Waals surface area contributed by atoms with Crippen LogP contribution in [0.3, 0.4) is 0 Å². The average Bonchev–Trinajstić information content (AvgIpc) is 2.84. The number of hydrogen-bond donors (Lipinski definition) is 6. The van der Waals surface area contributed by atoms with E-state index in [1.54, 1.807) is 24.3 Å². The Morgan fingerprint density at radius 1 is 0.949 bits per heavy atom. The summed E-state index contributed by atoms with van der Waals surface area (Å²) in [5.74, 6) is -1.05.